The molecule has 2 aromatic rings. The molecule has 3 unspecified atom stereocenters. The van der Waals surface area contributed by atoms with Gasteiger partial charge in [-0.25, -0.2) is 9.97 Å². The molecule has 0 radical (unpaired) electrons. The summed E-state index contributed by atoms with van der Waals surface area (Å²) in [6, 6.07) is 0. The van der Waals surface area contributed by atoms with E-state index in [1.165, 1.54) is 38.5 Å². The van der Waals surface area contributed by atoms with Crippen LogP contribution in [0, 0.1) is 11.8 Å². The van der Waals surface area contributed by atoms with Crippen LogP contribution < -0.4 is 5.73 Å². The summed E-state index contributed by atoms with van der Waals surface area (Å²) < 4.78 is 5.61. The molecule has 0 spiro atoms. The van der Waals surface area contributed by atoms with E-state index < -0.39 is 0 Å². The maximum Gasteiger partial charge on any atom is 0.230 e. The quantitative estimate of drug-likeness (QED) is 0.906. The number of nitrogens with two attached hydrogens (primary N) is 1. The molecular weight excluding hydrogens is 314 g/mol. The first kappa shape index (κ1) is 15.3. The Morgan fingerprint density at radius 3 is 2.52 bits per heavy atom. The van der Waals surface area contributed by atoms with E-state index in [1.807, 2.05) is 0 Å². The van der Waals surface area contributed by atoms with Crippen LogP contribution in [-0.4, -0.2) is 20.1 Å². The summed E-state index contributed by atoms with van der Waals surface area (Å²) >= 11 is 0. The molecule has 0 aliphatic heterocycles. The summed E-state index contributed by atoms with van der Waals surface area (Å²) in [4.78, 5) is 13.5. The van der Waals surface area contributed by atoms with E-state index in [-0.39, 0.29) is 0 Å². The molecule has 0 aromatic carbocycles. The first-order valence-corrected chi connectivity index (χ1v) is 9.74. The second-order valence-corrected chi connectivity index (χ2v) is 8.07. The predicted molar refractivity (Wildman–Crippen MR) is 93.8 cm³/mol. The first-order valence-electron chi connectivity index (χ1n) is 9.74. The van der Waals surface area contributed by atoms with Gasteiger partial charge < -0.3 is 10.3 Å². The summed E-state index contributed by atoms with van der Waals surface area (Å²) in [6.07, 6.45) is 13.3. The molecule has 2 aromatic heterocycles. The number of aromatic nitrogens is 4. The Balaban J connectivity index is 1.35. The van der Waals surface area contributed by atoms with Gasteiger partial charge in [0.05, 0.1) is 5.56 Å². The van der Waals surface area contributed by atoms with Gasteiger partial charge in [0, 0.05) is 18.0 Å². The third-order valence-electron chi connectivity index (χ3n) is 6.35. The highest BCUT2D eigenvalue weighted by atomic mass is 16.5. The number of rotatable bonds is 3. The lowest BCUT2D eigenvalue weighted by Gasteiger charge is -2.38. The number of anilines is 1. The van der Waals surface area contributed by atoms with Crippen LogP contribution in [0.2, 0.25) is 0 Å². The molecule has 25 heavy (non-hydrogen) atoms. The van der Waals surface area contributed by atoms with Crippen molar-refractivity contribution in [3.05, 3.63) is 17.9 Å². The Kier molecular flexibility index (Phi) is 3.71. The zero-order valence-corrected chi connectivity index (χ0v) is 14.5. The molecule has 3 fully saturated rings. The van der Waals surface area contributed by atoms with Crippen LogP contribution in [0.15, 0.2) is 10.7 Å². The summed E-state index contributed by atoms with van der Waals surface area (Å²) in [7, 11) is 0. The fourth-order valence-electron chi connectivity index (χ4n) is 4.73. The molecule has 3 saturated carbocycles. The highest BCUT2D eigenvalue weighted by Gasteiger charge is 2.35. The van der Waals surface area contributed by atoms with Gasteiger partial charge in [0.25, 0.3) is 0 Å². The molecule has 3 aliphatic carbocycles. The van der Waals surface area contributed by atoms with Crippen molar-refractivity contribution < 1.29 is 4.52 Å². The average molecular weight is 339 g/mol. The molecule has 3 aliphatic rings. The van der Waals surface area contributed by atoms with Crippen molar-refractivity contribution in [1.82, 2.24) is 20.1 Å². The van der Waals surface area contributed by atoms with Crippen LogP contribution in [0.5, 0.6) is 0 Å². The monoisotopic (exact) mass is 339 g/mol. The maximum atomic E-state index is 6.12. The molecule has 2 N–H and O–H groups in total. The van der Waals surface area contributed by atoms with Crippen molar-refractivity contribution >= 4 is 5.82 Å². The lowest BCUT2D eigenvalue weighted by atomic mass is 9.67. The Bertz CT molecular complexity index is 769. The van der Waals surface area contributed by atoms with E-state index >= 15 is 0 Å². The Morgan fingerprint density at radius 1 is 0.920 bits per heavy atom. The van der Waals surface area contributed by atoms with E-state index in [0.717, 1.165) is 42.8 Å². The molecule has 6 heteroatoms. The van der Waals surface area contributed by atoms with Crippen LogP contribution in [0.1, 0.15) is 81.3 Å². The van der Waals surface area contributed by atoms with Gasteiger partial charge >= 0.3 is 0 Å². The predicted octanol–water partition coefficient (Wildman–Crippen LogP) is 4.06. The van der Waals surface area contributed by atoms with Crippen LogP contribution in [0.25, 0.3) is 11.4 Å². The highest BCUT2D eigenvalue weighted by Crippen LogP contribution is 2.46. The van der Waals surface area contributed by atoms with E-state index in [9.17, 15) is 0 Å². The van der Waals surface area contributed by atoms with Gasteiger partial charge in [-0.15, -0.1) is 0 Å². The van der Waals surface area contributed by atoms with E-state index in [1.54, 1.807) is 6.20 Å². The number of fused-ring (bicyclic) bond motifs is 1. The van der Waals surface area contributed by atoms with Crippen LogP contribution in [0.3, 0.4) is 0 Å². The SMILES string of the molecule is Nc1nc(C2CC2)ncc1-c1noc(C2CCC3CCCCC3C2)n1. The number of hydrogen-bond donors (Lipinski definition) is 1. The van der Waals surface area contributed by atoms with Crippen molar-refractivity contribution in [3.63, 3.8) is 0 Å². The Labute approximate surface area is 147 Å². The molecule has 0 saturated heterocycles. The summed E-state index contributed by atoms with van der Waals surface area (Å²) in [5.41, 5.74) is 6.81. The Hall–Kier alpha value is -1.98. The lowest BCUT2D eigenvalue weighted by Crippen LogP contribution is -2.26. The van der Waals surface area contributed by atoms with Gasteiger partial charge in [-0.05, 0) is 43.9 Å². The van der Waals surface area contributed by atoms with Gasteiger partial charge in [-0.3, -0.25) is 0 Å². The van der Waals surface area contributed by atoms with Crippen molar-refractivity contribution in [2.24, 2.45) is 11.8 Å². The van der Waals surface area contributed by atoms with E-state index in [4.69, 9.17) is 10.3 Å². The minimum Gasteiger partial charge on any atom is -0.383 e. The van der Waals surface area contributed by atoms with Gasteiger partial charge in [0.1, 0.15) is 11.6 Å². The molecule has 3 atom stereocenters. The molecule has 2 heterocycles. The maximum absolute atomic E-state index is 6.12. The van der Waals surface area contributed by atoms with E-state index in [2.05, 4.69) is 20.1 Å². The average Bonchev–Trinajstić information content (AvgIpc) is 3.39. The van der Waals surface area contributed by atoms with Crippen molar-refractivity contribution in [2.45, 2.75) is 69.6 Å². The first-order chi connectivity index (χ1) is 12.3. The fourth-order valence-corrected chi connectivity index (χ4v) is 4.73. The lowest BCUT2D eigenvalue weighted by molar-refractivity contribution is 0.142. The summed E-state index contributed by atoms with van der Waals surface area (Å²) in [5.74, 6) is 5.25. The van der Waals surface area contributed by atoms with Crippen LogP contribution in [-0.2, 0) is 0 Å². The van der Waals surface area contributed by atoms with Crippen molar-refractivity contribution in [1.29, 1.82) is 0 Å². The Morgan fingerprint density at radius 2 is 1.72 bits per heavy atom. The highest BCUT2D eigenvalue weighted by molar-refractivity contribution is 5.66. The zero-order chi connectivity index (χ0) is 16.8. The zero-order valence-electron chi connectivity index (χ0n) is 14.5. The topological polar surface area (TPSA) is 90.7 Å². The standard InChI is InChI=1S/C19H25N5O/c20-16-15(10-21-17(22-16)12-6-7-12)18-23-19(25-24-18)14-8-5-11-3-1-2-4-13(11)9-14/h10-14H,1-9H2,(H2,20,21,22). The number of nitrogens with zero attached hydrogens (tertiary/aromatic N) is 4. The molecule has 132 valence electrons. The molecule has 0 bridgehead atoms. The number of hydrogen-bond acceptors (Lipinski definition) is 6. The van der Waals surface area contributed by atoms with Gasteiger partial charge in [-0.2, -0.15) is 4.98 Å². The fraction of sp³-hybridized carbons (Fsp3) is 0.684. The number of nitrogen functional groups attached to an aromatic ring is 1. The van der Waals surface area contributed by atoms with Crippen LogP contribution >= 0.6 is 0 Å². The second kappa shape index (κ2) is 6.07. The smallest absolute Gasteiger partial charge is 0.230 e. The molecule has 0 amide bonds. The van der Waals surface area contributed by atoms with Crippen molar-refractivity contribution in [3.8, 4) is 11.4 Å². The van der Waals surface area contributed by atoms with Gasteiger partial charge in [-0.1, -0.05) is 30.8 Å². The summed E-state index contributed by atoms with van der Waals surface area (Å²) in [6.45, 7) is 0. The normalized spacial score (nSPS) is 29.4. The third kappa shape index (κ3) is 2.92. The minimum absolute atomic E-state index is 0.397. The van der Waals surface area contributed by atoms with E-state index in [0.29, 0.717) is 29.0 Å². The van der Waals surface area contributed by atoms with Gasteiger partial charge in [0.15, 0.2) is 0 Å². The molecule has 5 rings (SSSR count). The van der Waals surface area contributed by atoms with Crippen LogP contribution in [0.4, 0.5) is 5.82 Å². The summed E-state index contributed by atoms with van der Waals surface area (Å²) in [5, 5.41) is 4.17. The largest absolute Gasteiger partial charge is 0.383 e. The third-order valence-corrected chi connectivity index (χ3v) is 6.35. The molecular formula is C19H25N5O. The second-order valence-electron chi connectivity index (χ2n) is 8.07. The minimum atomic E-state index is 0.397. The van der Waals surface area contributed by atoms with Gasteiger partial charge in [0.2, 0.25) is 11.7 Å². The molecule has 6 nitrogen and oxygen atoms in total. The van der Waals surface area contributed by atoms with Crippen molar-refractivity contribution in [2.75, 3.05) is 5.73 Å².